The van der Waals surface area contributed by atoms with Gasteiger partial charge in [0, 0.05) is 22.2 Å². The van der Waals surface area contributed by atoms with Crippen molar-refractivity contribution in [3.05, 3.63) is 69.5 Å². The van der Waals surface area contributed by atoms with Gasteiger partial charge in [-0.3, -0.25) is 9.79 Å². The predicted octanol–water partition coefficient (Wildman–Crippen LogP) is 3.53. The number of nitrogens with two attached hydrogens (primary N) is 1. The summed E-state index contributed by atoms with van der Waals surface area (Å²) in [6.45, 7) is 2.50. The van der Waals surface area contributed by atoms with Crippen molar-refractivity contribution in [2.45, 2.75) is 13.0 Å². The topological polar surface area (TPSA) is 79.5 Å². The molecule has 8 heteroatoms. The SMILES string of the molecule is CC(NC(N)=NCCNC(=O)c1ccc(F)cc1)c1ccc(Cl)cc1Cl. The number of nitrogens with one attached hydrogen (secondary N) is 2. The lowest BCUT2D eigenvalue weighted by atomic mass is 10.1. The zero-order valence-corrected chi connectivity index (χ0v) is 15.6. The van der Waals surface area contributed by atoms with Crippen molar-refractivity contribution < 1.29 is 9.18 Å². The first-order valence-corrected chi connectivity index (χ1v) is 8.67. The third-order valence-electron chi connectivity index (χ3n) is 3.58. The lowest BCUT2D eigenvalue weighted by Gasteiger charge is -2.16. The molecule has 2 aromatic carbocycles. The zero-order chi connectivity index (χ0) is 19.1. The highest BCUT2D eigenvalue weighted by Crippen LogP contribution is 2.25. The van der Waals surface area contributed by atoms with Gasteiger partial charge in [-0.1, -0.05) is 29.3 Å². The van der Waals surface area contributed by atoms with Crippen LogP contribution in [0.4, 0.5) is 4.39 Å². The summed E-state index contributed by atoms with van der Waals surface area (Å²) in [4.78, 5) is 16.0. The van der Waals surface area contributed by atoms with Gasteiger partial charge in [-0.05, 0) is 48.9 Å². The molecule has 138 valence electrons. The summed E-state index contributed by atoms with van der Waals surface area (Å²) in [5, 5.41) is 6.81. The number of nitrogens with zero attached hydrogens (tertiary/aromatic N) is 1. The minimum atomic E-state index is -0.389. The van der Waals surface area contributed by atoms with Crippen LogP contribution in [-0.4, -0.2) is 25.0 Å². The fraction of sp³-hybridized carbons (Fsp3) is 0.222. The van der Waals surface area contributed by atoms with E-state index in [1.807, 2.05) is 13.0 Å². The number of hydrogen-bond acceptors (Lipinski definition) is 2. The normalized spacial score (nSPS) is 12.5. The molecule has 4 N–H and O–H groups in total. The molecule has 1 unspecified atom stereocenters. The molecule has 0 fully saturated rings. The fourth-order valence-electron chi connectivity index (χ4n) is 2.25. The van der Waals surface area contributed by atoms with Crippen LogP contribution in [0.3, 0.4) is 0 Å². The summed E-state index contributed by atoms with van der Waals surface area (Å²) in [5.74, 6) is -0.451. The molecule has 0 aliphatic rings. The van der Waals surface area contributed by atoms with Crippen molar-refractivity contribution in [1.29, 1.82) is 0 Å². The van der Waals surface area contributed by atoms with Crippen LogP contribution in [-0.2, 0) is 0 Å². The standard InChI is InChI=1S/C18H19Cl2FN4O/c1-11(15-7-4-13(19)10-16(15)20)25-18(22)24-9-8-23-17(26)12-2-5-14(21)6-3-12/h2-7,10-11H,8-9H2,1H3,(H,23,26)(H3,22,24,25). The van der Waals surface area contributed by atoms with Gasteiger partial charge >= 0.3 is 0 Å². The highest BCUT2D eigenvalue weighted by atomic mass is 35.5. The van der Waals surface area contributed by atoms with Crippen molar-refractivity contribution in [3.63, 3.8) is 0 Å². The van der Waals surface area contributed by atoms with Crippen LogP contribution in [0.1, 0.15) is 28.9 Å². The lowest BCUT2D eigenvalue weighted by Crippen LogP contribution is -2.35. The van der Waals surface area contributed by atoms with Gasteiger partial charge in [0.1, 0.15) is 5.82 Å². The number of halogens is 3. The molecule has 1 amide bonds. The maximum absolute atomic E-state index is 12.8. The minimum Gasteiger partial charge on any atom is -0.370 e. The average molecular weight is 397 g/mol. The molecule has 0 aliphatic carbocycles. The van der Waals surface area contributed by atoms with Crippen LogP contribution in [0.5, 0.6) is 0 Å². The first-order chi connectivity index (χ1) is 12.4. The molecule has 1 atom stereocenters. The molecule has 0 heterocycles. The molecule has 26 heavy (non-hydrogen) atoms. The molecular formula is C18H19Cl2FN4O. The van der Waals surface area contributed by atoms with Gasteiger partial charge in [0.15, 0.2) is 5.96 Å². The number of amides is 1. The highest BCUT2D eigenvalue weighted by molar-refractivity contribution is 6.35. The van der Waals surface area contributed by atoms with Crippen LogP contribution in [0, 0.1) is 5.82 Å². The molecular weight excluding hydrogens is 378 g/mol. The fourth-order valence-corrected chi connectivity index (χ4v) is 2.82. The summed E-state index contributed by atoms with van der Waals surface area (Å²) in [7, 11) is 0. The van der Waals surface area contributed by atoms with E-state index in [-0.39, 0.29) is 23.7 Å². The number of guanidine groups is 1. The molecule has 0 aromatic heterocycles. The van der Waals surface area contributed by atoms with Crippen LogP contribution < -0.4 is 16.4 Å². The molecule has 0 saturated carbocycles. The Morgan fingerprint density at radius 1 is 1.23 bits per heavy atom. The Morgan fingerprint density at radius 2 is 1.92 bits per heavy atom. The second-order valence-corrected chi connectivity index (χ2v) is 6.41. The summed E-state index contributed by atoms with van der Waals surface area (Å²) < 4.78 is 12.8. The van der Waals surface area contributed by atoms with E-state index < -0.39 is 0 Å². The quantitative estimate of drug-likeness (QED) is 0.396. The number of hydrogen-bond donors (Lipinski definition) is 3. The predicted molar refractivity (Wildman–Crippen MR) is 103 cm³/mol. The van der Waals surface area contributed by atoms with E-state index in [0.717, 1.165) is 5.56 Å². The van der Waals surface area contributed by atoms with E-state index in [0.29, 0.717) is 28.7 Å². The maximum Gasteiger partial charge on any atom is 0.251 e. The number of benzene rings is 2. The van der Waals surface area contributed by atoms with Gasteiger partial charge in [0.05, 0.1) is 12.6 Å². The van der Waals surface area contributed by atoms with E-state index >= 15 is 0 Å². The zero-order valence-electron chi connectivity index (χ0n) is 14.1. The molecule has 0 saturated heterocycles. The number of rotatable bonds is 6. The van der Waals surface area contributed by atoms with Crippen molar-refractivity contribution in [3.8, 4) is 0 Å². The van der Waals surface area contributed by atoms with Gasteiger partial charge in [0.25, 0.3) is 5.91 Å². The second kappa shape index (κ2) is 9.40. The molecule has 2 aromatic rings. The Kier molecular flexibility index (Phi) is 7.24. The summed E-state index contributed by atoms with van der Waals surface area (Å²) >= 11 is 12.0. The van der Waals surface area contributed by atoms with Gasteiger partial charge in [-0.2, -0.15) is 0 Å². The Morgan fingerprint density at radius 3 is 2.58 bits per heavy atom. The molecule has 0 bridgehead atoms. The van der Waals surface area contributed by atoms with Gasteiger partial charge in [-0.25, -0.2) is 4.39 Å². The molecule has 2 rings (SSSR count). The van der Waals surface area contributed by atoms with E-state index in [1.165, 1.54) is 24.3 Å². The third kappa shape index (κ3) is 5.89. The maximum atomic E-state index is 12.8. The highest BCUT2D eigenvalue weighted by Gasteiger charge is 2.10. The van der Waals surface area contributed by atoms with E-state index in [1.54, 1.807) is 12.1 Å². The van der Waals surface area contributed by atoms with E-state index in [4.69, 9.17) is 28.9 Å². The average Bonchev–Trinajstić information content (AvgIpc) is 2.59. The summed E-state index contributed by atoms with van der Waals surface area (Å²) in [5.41, 5.74) is 7.08. The first kappa shape index (κ1) is 20.0. The van der Waals surface area contributed by atoms with E-state index in [9.17, 15) is 9.18 Å². The Hall–Kier alpha value is -2.31. The number of carbonyl (C=O) groups is 1. The largest absolute Gasteiger partial charge is 0.370 e. The third-order valence-corrected chi connectivity index (χ3v) is 4.14. The Labute approximate surface area is 161 Å². The van der Waals surface area contributed by atoms with Crippen molar-refractivity contribution in [2.75, 3.05) is 13.1 Å². The van der Waals surface area contributed by atoms with Crippen LogP contribution in [0.25, 0.3) is 0 Å². The van der Waals surface area contributed by atoms with Crippen LogP contribution in [0.15, 0.2) is 47.5 Å². The molecule has 0 aliphatic heterocycles. The Balaban J connectivity index is 1.80. The van der Waals surface area contributed by atoms with Crippen LogP contribution >= 0.6 is 23.2 Å². The lowest BCUT2D eigenvalue weighted by molar-refractivity contribution is 0.0954. The van der Waals surface area contributed by atoms with E-state index in [2.05, 4.69) is 15.6 Å². The molecule has 5 nitrogen and oxygen atoms in total. The van der Waals surface area contributed by atoms with Gasteiger partial charge in [-0.15, -0.1) is 0 Å². The second-order valence-electron chi connectivity index (χ2n) is 5.56. The van der Waals surface area contributed by atoms with Crippen molar-refractivity contribution in [2.24, 2.45) is 10.7 Å². The molecule has 0 spiro atoms. The van der Waals surface area contributed by atoms with Gasteiger partial charge < -0.3 is 16.4 Å². The number of aliphatic imine (C=N–C) groups is 1. The Bertz CT molecular complexity index is 796. The summed E-state index contributed by atoms with van der Waals surface area (Å²) in [6, 6.07) is 10.4. The minimum absolute atomic E-state index is 0.155. The number of carbonyl (C=O) groups excluding carboxylic acids is 1. The first-order valence-electron chi connectivity index (χ1n) is 7.92. The monoisotopic (exact) mass is 396 g/mol. The molecule has 0 radical (unpaired) electrons. The van der Waals surface area contributed by atoms with Crippen molar-refractivity contribution >= 4 is 35.1 Å². The summed E-state index contributed by atoms with van der Waals surface area (Å²) in [6.07, 6.45) is 0. The van der Waals surface area contributed by atoms with Crippen LogP contribution in [0.2, 0.25) is 10.0 Å². The van der Waals surface area contributed by atoms with Gasteiger partial charge in [0.2, 0.25) is 0 Å². The smallest absolute Gasteiger partial charge is 0.251 e. The van der Waals surface area contributed by atoms with Crippen molar-refractivity contribution in [1.82, 2.24) is 10.6 Å².